The molecule has 0 heterocycles. The Balaban J connectivity index is 1.97. The van der Waals surface area contributed by atoms with Gasteiger partial charge in [-0.25, -0.2) is 4.79 Å². The first-order chi connectivity index (χ1) is 10.2. The van der Waals surface area contributed by atoms with E-state index >= 15 is 0 Å². The van der Waals surface area contributed by atoms with Gasteiger partial charge in [-0.1, -0.05) is 49.0 Å². The second-order valence-corrected chi connectivity index (χ2v) is 5.23. The predicted octanol–water partition coefficient (Wildman–Crippen LogP) is 4.03. The maximum atomic E-state index is 11.8. The van der Waals surface area contributed by atoms with Gasteiger partial charge in [-0.3, -0.25) is 0 Å². The first kappa shape index (κ1) is 13.6. The van der Waals surface area contributed by atoms with E-state index in [9.17, 15) is 4.79 Å². The second-order valence-electron chi connectivity index (χ2n) is 5.23. The maximum Gasteiger partial charge on any atom is 0.338 e. The van der Waals surface area contributed by atoms with Crippen LogP contribution in [0.3, 0.4) is 0 Å². The Morgan fingerprint density at radius 1 is 1.10 bits per heavy atom. The SMILES string of the molecule is C=C(C(=O)OCC)c1ccc2c(c1)CCc1ccccc1-2. The summed E-state index contributed by atoms with van der Waals surface area (Å²) in [6.45, 7) is 6.03. The van der Waals surface area contributed by atoms with Crippen LogP contribution in [0.4, 0.5) is 0 Å². The highest BCUT2D eigenvalue weighted by Crippen LogP contribution is 2.34. The number of hydrogen-bond acceptors (Lipinski definition) is 2. The van der Waals surface area contributed by atoms with Crippen LogP contribution in [0.2, 0.25) is 0 Å². The minimum atomic E-state index is -0.339. The van der Waals surface area contributed by atoms with Crippen molar-refractivity contribution in [3.63, 3.8) is 0 Å². The number of carbonyl (C=O) groups is 1. The Bertz CT molecular complexity index is 713. The molecule has 0 amide bonds. The van der Waals surface area contributed by atoms with Gasteiger partial charge < -0.3 is 4.74 Å². The summed E-state index contributed by atoms with van der Waals surface area (Å²) >= 11 is 0. The molecule has 0 unspecified atom stereocenters. The molecule has 0 bridgehead atoms. The molecular weight excluding hydrogens is 260 g/mol. The molecule has 0 radical (unpaired) electrons. The number of benzene rings is 2. The lowest BCUT2D eigenvalue weighted by molar-refractivity contribution is -0.136. The van der Waals surface area contributed by atoms with Crippen LogP contribution in [-0.4, -0.2) is 12.6 Å². The van der Waals surface area contributed by atoms with E-state index in [-0.39, 0.29) is 5.97 Å². The molecule has 0 saturated heterocycles. The zero-order chi connectivity index (χ0) is 14.8. The third kappa shape index (κ3) is 2.49. The van der Waals surface area contributed by atoms with Gasteiger partial charge in [0.15, 0.2) is 0 Å². The Hall–Kier alpha value is -2.35. The van der Waals surface area contributed by atoms with Gasteiger partial charge in [0.1, 0.15) is 0 Å². The second kappa shape index (κ2) is 5.57. The Morgan fingerprint density at radius 3 is 2.62 bits per heavy atom. The van der Waals surface area contributed by atoms with Gasteiger partial charge in [0, 0.05) is 0 Å². The van der Waals surface area contributed by atoms with Crippen molar-refractivity contribution in [1.82, 2.24) is 0 Å². The van der Waals surface area contributed by atoms with Crippen LogP contribution in [0.5, 0.6) is 0 Å². The first-order valence-electron chi connectivity index (χ1n) is 7.28. The lowest BCUT2D eigenvalue weighted by Gasteiger charge is -2.20. The largest absolute Gasteiger partial charge is 0.462 e. The summed E-state index contributed by atoms with van der Waals surface area (Å²) in [5.74, 6) is -0.339. The van der Waals surface area contributed by atoms with Crippen LogP contribution in [-0.2, 0) is 22.4 Å². The van der Waals surface area contributed by atoms with E-state index in [1.807, 2.05) is 6.07 Å². The average Bonchev–Trinajstić information content (AvgIpc) is 2.53. The molecule has 106 valence electrons. The average molecular weight is 278 g/mol. The van der Waals surface area contributed by atoms with Gasteiger partial charge >= 0.3 is 5.97 Å². The molecular formula is C19H18O2. The monoisotopic (exact) mass is 278 g/mol. The minimum Gasteiger partial charge on any atom is -0.462 e. The number of esters is 1. The van der Waals surface area contributed by atoms with Crippen molar-refractivity contribution >= 4 is 11.5 Å². The highest BCUT2D eigenvalue weighted by molar-refractivity contribution is 6.15. The molecule has 21 heavy (non-hydrogen) atoms. The molecule has 0 aromatic heterocycles. The van der Waals surface area contributed by atoms with Crippen molar-refractivity contribution in [1.29, 1.82) is 0 Å². The molecule has 2 aromatic rings. The van der Waals surface area contributed by atoms with E-state index in [0.717, 1.165) is 18.4 Å². The molecule has 2 aromatic carbocycles. The molecule has 0 spiro atoms. The third-order valence-corrected chi connectivity index (χ3v) is 3.95. The fourth-order valence-corrected chi connectivity index (χ4v) is 2.86. The zero-order valence-electron chi connectivity index (χ0n) is 12.2. The summed E-state index contributed by atoms with van der Waals surface area (Å²) in [6.07, 6.45) is 2.04. The summed E-state index contributed by atoms with van der Waals surface area (Å²) < 4.78 is 5.02. The van der Waals surface area contributed by atoms with E-state index in [4.69, 9.17) is 4.74 Å². The van der Waals surface area contributed by atoms with Gasteiger partial charge in [-0.15, -0.1) is 0 Å². The van der Waals surface area contributed by atoms with Crippen molar-refractivity contribution in [2.75, 3.05) is 6.61 Å². The van der Waals surface area contributed by atoms with Gasteiger partial charge in [0.2, 0.25) is 0 Å². The van der Waals surface area contributed by atoms with Gasteiger partial charge in [-0.05, 0) is 47.6 Å². The molecule has 3 rings (SSSR count). The first-order valence-corrected chi connectivity index (χ1v) is 7.28. The summed E-state index contributed by atoms with van der Waals surface area (Å²) in [6, 6.07) is 14.6. The van der Waals surface area contributed by atoms with E-state index in [2.05, 4.69) is 43.0 Å². The highest BCUT2D eigenvalue weighted by Gasteiger charge is 2.18. The standard InChI is InChI=1S/C19H18O2/c1-3-21-19(20)13(2)15-10-11-18-16(12-15)9-8-14-6-4-5-7-17(14)18/h4-7,10-12H,2-3,8-9H2,1H3. The van der Waals surface area contributed by atoms with Crippen molar-refractivity contribution in [3.8, 4) is 11.1 Å². The topological polar surface area (TPSA) is 26.3 Å². The molecule has 0 fully saturated rings. The summed E-state index contributed by atoms with van der Waals surface area (Å²) in [4.78, 5) is 11.8. The normalized spacial score (nSPS) is 12.2. The molecule has 1 aliphatic carbocycles. The van der Waals surface area contributed by atoms with Crippen molar-refractivity contribution < 1.29 is 9.53 Å². The van der Waals surface area contributed by atoms with Gasteiger partial charge in [0.25, 0.3) is 0 Å². The number of ether oxygens (including phenoxy) is 1. The molecule has 0 atom stereocenters. The number of hydrogen-bond donors (Lipinski definition) is 0. The van der Waals surface area contributed by atoms with Crippen LogP contribution >= 0.6 is 0 Å². The Morgan fingerprint density at radius 2 is 1.81 bits per heavy atom. The Kier molecular flexibility index (Phi) is 3.61. The fourth-order valence-electron chi connectivity index (χ4n) is 2.86. The van der Waals surface area contributed by atoms with Crippen LogP contribution in [0.25, 0.3) is 16.7 Å². The van der Waals surface area contributed by atoms with Crippen molar-refractivity contribution in [2.45, 2.75) is 19.8 Å². The smallest absolute Gasteiger partial charge is 0.338 e. The fraction of sp³-hybridized carbons (Fsp3) is 0.211. The van der Waals surface area contributed by atoms with E-state index in [0.29, 0.717) is 12.2 Å². The molecule has 2 nitrogen and oxygen atoms in total. The number of carbonyl (C=O) groups excluding carboxylic acids is 1. The van der Waals surface area contributed by atoms with Crippen molar-refractivity contribution in [3.05, 3.63) is 65.7 Å². The number of rotatable bonds is 3. The highest BCUT2D eigenvalue weighted by atomic mass is 16.5. The molecule has 1 aliphatic rings. The lowest BCUT2D eigenvalue weighted by atomic mass is 9.84. The summed E-state index contributed by atoms with van der Waals surface area (Å²) in [5.41, 5.74) is 6.51. The van der Waals surface area contributed by atoms with Crippen LogP contribution in [0.15, 0.2) is 49.0 Å². The zero-order valence-corrected chi connectivity index (χ0v) is 12.2. The van der Waals surface area contributed by atoms with Crippen LogP contribution in [0.1, 0.15) is 23.6 Å². The molecule has 0 N–H and O–H groups in total. The van der Waals surface area contributed by atoms with E-state index < -0.39 is 0 Å². The molecule has 2 heteroatoms. The quantitative estimate of drug-likeness (QED) is 0.626. The van der Waals surface area contributed by atoms with Crippen LogP contribution < -0.4 is 0 Å². The lowest BCUT2D eigenvalue weighted by Crippen LogP contribution is -2.08. The third-order valence-electron chi connectivity index (χ3n) is 3.95. The Labute approximate surface area is 125 Å². The summed E-state index contributed by atoms with van der Waals surface area (Å²) in [5, 5.41) is 0. The maximum absolute atomic E-state index is 11.8. The van der Waals surface area contributed by atoms with Crippen molar-refractivity contribution in [2.24, 2.45) is 0 Å². The van der Waals surface area contributed by atoms with Gasteiger partial charge in [0.05, 0.1) is 12.2 Å². The number of aryl methyl sites for hydroxylation is 2. The van der Waals surface area contributed by atoms with E-state index in [1.54, 1.807) is 6.92 Å². The van der Waals surface area contributed by atoms with Gasteiger partial charge in [-0.2, -0.15) is 0 Å². The van der Waals surface area contributed by atoms with E-state index in [1.165, 1.54) is 22.3 Å². The molecule has 0 saturated carbocycles. The van der Waals surface area contributed by atoms with Crippen LogP contribution in [0, 0.1) is 0 Å². The number of fused-ring (bicyclic) bond motifs is 3. The summed E-state index contributed by atoms with van der Waals surface area (Å²) in [7, 11) is 0. The molecule has 0 aliphatic heterocycles. The predicted molar refractivity (Wildman–Crippen MR) is 85.0 cm³/mol. The minimum absolute atomic E-state index is 0.339.